The fourth-order valence-corrected chi connectivity index (χ4v) is 2.28. The molecule has 1 unspecified atom stereocenters. The van der Waals surface area contributed by atoms with Crippen LogP contribution >= 0.6 is 0 Å². The predicted octanol–water partition coefficient (Wildman–Crippen LogP) is 4.76. The largest absolute Gasteiger partial charge is 0.458 e. The molecule has 0 aliphatic carbocycles. The highest BCUT2D eigenvalue weighted by Crippen LogP contribution is 2.13. The summed E-state index contributed by atoms with van der Waals surface area (Å²) < 4.78 is 10.9. The van der Waals surface area contributed by atoms with Gasteiger partial charge in [-0.1, -0.05) is 24.6 Å². The number of unbranched alkanes of at least 4 members (excludes halogenated alkanes) is 2. The molecule has 130 valence electrons. The predicted molar refractivity (Wildman–Crippen MR) is 94.7 cm³/mol. The first-order valence-electron chi connectivity index (χ1n) is 8.59. The van der Waals surface area contributed by atoms with Gasteiger partial charge >= 0.3 is 5.97 Å². The van der Waals surface area contributed by atoms with Crippen molar-refractivity contribution in [3.8, 4) is 0 Å². The van der Waals surface area contributed by atoms with E-state index in [0.29, 0.717) is 6.61 Å². The third kappa shape index (κ3) is 8.17. The van der Waals surface area contributed by atoms with E-state index in [1.54, 1.807) is 6.92 Å². The van der Waals surface area contributed by atoms with E-state index in [4.69, 9.17) is 9.47 Å². The van der Waals surface area contributed by atoms with Crippen molar-refractivity contribution in [2.24, 2.45) is 0 Å². The van der Waals surface area contributed by atoms with Crippen LogP contribution in [0.15, 0.2) is 18.2 Å². The third-order valence-electron chi connectivity index (χ3n) is 3.79. The second-order valence-corrected chi connectivity index (χ2v) is 7.28. The number of carbonyl (C=O) groups excluding carboxylic acids is 1. The van der Waals surface area contributed by atoms with Gasteiger partial charge in [0.2, 0.25) is 0 Å². The first kappa shape index (κ1) is 19.7. The lowest BCUT2D eigenvalue weighted by Crippen LogP contribution is -2.31. The molecule has 3 heteroatoms. The van der Waals surface area contributed by atoms with Crippen LogP contribution in [-0.4, -0.2) is 24.3 Å². The van der Waals surface area contributed by atoms with E-state index in [9.17, 15) is 4.79 Å². The van der Waals surface area contributed by atoms with Gasteiger partial charge in [0.05, 0.1) is 0 Å². The quantitative estimate of drug-likeness (QED) is 0.511. The third-order valence-corrected chi connectivity index (χ3v) is 3.79. The molecule has 0 heterocycles. The molecule has 0 aromatic heterocycles. The molecule has 3 nitrogen and oxygen atoms in total. The molecule has 0 N–H and O–H groups in total. The lowest BCUT2D eigenvalue weighted by atomic mass is 10.0. The maximum absolute atomic E-state index is 11.8. The number of hydrogen-bond donors (Lipinski definition) is 0. The molecule has 23 heavy (non-hydrogen) atoms. The van der Waals surface area contributed by atoms with Gasteiger partial charge in [-0.3, -0.25) is 0 Å². The van der Waals surface area contributed by atoms with Crippen LogP contribution in [0.5, 0.6) is 0 Å². The van der Waals surface area contributed by atoms with Gasteiger partial charge in [-0.2, -0.15) is 0 Å². The molecule has 0 saturated heterocycles. The summed E-state index contributed by atoms with van der Waals surface area (Å²) in [5.41, 5.74) is 3.65. The molecule has 1 atom stereocenters. The summed E-state index contributed by atoms with van der Waals surface area (Å²) in [7, 11) is 0. The second kappa shape index (κ2) is 9.07. The molecule has 1 aromatic carbocycles. The zero-order chi connectivity index (χ0) is 17.5. The summed E-state index contributed by atoms with van der Waals surface area (Å²) in [5.74, 6) is -0.285. The minimum atomic E-state index is -0.492. The van der Waals surface area contributed by atoms with Crippen LogP contribution in [0.3, 0.4) is 0 Å². The van der Waals surface area contributed by atoms with Crippen molar-refractivity contribution < 1.29 is 14.3 Å². The number of aryl methyl sites for hydroxylation is 3. The normalized spacial score (nSPS) is 13.0. The van der Waals surface area contributed by atoms with E-state index < -0.39 is 11.7 Å². The number of ether oxygens (including phenoxy) is 2. The Morgan fingerprint density at radius 3 is 2.39 bits per heavy atom. The summed E-state index contributed by atoms with van der Waals surface area (Å²) in [6.07, 6.45) is 3.83. The first-order valence-corrected chi connectivity index (χ1v) is 8.59. The van der Waals surface area contributed by atoms with E-state index in [2.05, 4.69) is 32.0 Å². The Labute approximate surface area is 141 Å². The summed E-state index contributed by atoms with van der Waals surface area (Å²) in [6, 6.07) is 6.68. The highest BCUT2D eigenvalue weighted by atomic mass is 16.6. The van der Waals surface area contributed by atoms with Crippen LogP contribution in [0, 0.1) is 13.8 Å². The SMILES string of the molecule is Cc1ccc(CCCCCOC(C)C(=O)OC(C)(C)C)cc1C. The molecule has 0 aliphatic heterocycles. The van der Waals surface area contributed by atoms with Gasteiger partial charge in [-0.15, -0.1) is 0 Å². The summed E-state index contributed by atoms with van der Waals surface area (Å²) in [6.45, 7) is 12.3. The van der Waals surface area contributed by atoms with Crippen LogP contribution in [0.4, 0.5) is 0 Å². The molecule has 0 radical (unpaired) electrons. The Bertz CT molecular complexity index is 500. The number of esters is 1. The van der Waals surface area contributed by atoms with Gasteiger partial charge in [0.15, 0.2) is 6.10 Å². The van der Waals surface area contributed by atoms with Crippen molar-refractivity contribution in [2.75, 3.05) is 6.61 Å². The maximum Gasteiger partial charge on any atom is 0.335 e. The van der Waals surface area contributed by atoms with Crippen LogP contribution in [-0.2, 0) is 20.7 Å². The lowest BCUT2D eigenvalue weighted by Gasteiger charge is -2.22. The van der Waals surface area contributed by atoms with Crippen molar-refractivity contribution in [2.45, 2.75) is 78.9 Å². The Morgan fingerprint density at radius 2 is 1.78 bits per heavy atom. The van der Waals surface area contributed by atoms with Crippen LogP contribution < -0.4 is 0 Å². The van der Waals surface area contributed by atoms with Gasteiger partial charge in [0.1, 0.15) is 5.60 Å². The van der Waals surface area contributed by atoms with Crippen molar-refractivity contribution in [1.29, 1.82) is 0 Å². The minimum absolute atomic E-state index is 0.285. The second-order valence-electron chi connectivity index (χ2n) is 7.28. The van der Waals surface area contributed by atoms with Crippen molar-refractivity contribution >= 4 is 5.97 Å². The molecule has 1 aromatic rings. The molecule has 0 bridgehead atoms. The highest BCUT2D eigenvalue weighted by molar-refractivity contribution is 5.74. The van der Waals surface area contributed by atoms with E-state index in [1.807, 2.05) is 20.8 Å². The fourth-order valence-electron chi connectivity index (χ4n) is 2.28. The van der Waals surface area contributed by atoms with Gasteiger partial charge in [-0.25, -0.2) is 4.79 Å². The van der Waals surface area contributed by atoms with E-state index >= 15 is 0 Å². The Balaban J connectivity index is 2.15. The molecular formula is C20H32O3. The summed E-state index contributed by atoms with van der Waals surface area (Å²) in [5, 5.41) is 0. The zero-order valence-electron chi connectivity index (χ0n) is 15.6. The number of rotatable bonds is 8. The van der Waals surface area contributed by atoms with E-state index in [1.165, 1.54) is 16.7 Å². The summed E-state index contributed by atoms with van der Waals surface area (Å²) in [4.78, 5) is 11.8. The van der Waals surface area contributed by atoms with Gasteiger partial charge in [0.25, 0.3) is 0 Å². The van der Waals surface area contributed by atoms with Crippen molar-refractivity contribution in [3.63, 3.8) is 0 Å². The molecular weight excluding hydrogens is 288 g/mol. The number of hydrogen-bond acceptors (Lipinski definition) is 3. The lowest BCUT2D eigenvalue weighted by molar-refractivity contribution is -0.167. The minimum Gasteiger partial charge on any atom is -0.458 e. The average molecular weight is 320 g/mol. The average Bonchev–Trinajstić information content (AvgIpc) is 2.44. The van der Waals surface area contributed by atoms with E-state index in [0.717, 1.165) is 25.7 Å². The topological polar surface area (TPSA) is 35.5 Å². The molecule has 0 aliphatic rings. The van der Waals surface area contributed by atoms with E-state index in [-0.39, 0.29) is 5.97 Å². The molecule has 0 spiro atoms. The Morgan fingerprint density at radius 1 is 1.09 bits per heavy atom. The van der Waals surface area contributed by atoms with Crippen LogP contribution in [0.2, 0.25) is 0 Å². The fraction of sp³-hybridized carbons (Fsp3) is 0.650. The highest BCUT2D eigenvalue weighted by Gasteiger charge is 2.21. The zero-order valence-corrected chi connectivity index (χ0v) is 15.6. The van der Waals surface area contributed by atoms with Gasteiger partial charge in [-0.05, 0) is 77.5 Å². The standard InChI is InChI=1S/C20H32O3/c1-15-11-12-18(14-16(15)2)10-8-7-9-13-22-17(3)19(21)23-20(4,5)6/h11-12,14,17H,7-10,13H2,1-6H3. The Hall–Kier alpha value is -1.35. The van der Waals surface area contributed by atoms with Crippen molar-refractivity contribution in [1.82, 2.24) is 0 Å². The van der Waals surface area contributed by atoms with Gasteiger partial charge < -0.3 is 9.47 Å². The Kier molecular flexibility index (Phi) is 7.77. The van der Waals surface area contributed by atoms with Crippen molar-refractivity contribution in [3.05, 3.63) is 34.9 Å². The molecule has 0 saturated carbocycles. The monoisotopic (exact) mass is 320 g/mol. The molecule has 0 fully saturated rings. The maximum atomic E-state index is 11.8. The van der Waals surface area contributed by atoms with Gasteiger partial charge in [0, 0.05) is 6.61 Å². The number of benzene rings is 1. The summed E-state index contributed by atoms with van der Waals surface area (Å²) >= 11 is 0. The van der Waals surface area contributed by atoms with Crippen LogP contribution in [0.1, 0.15) is 63.6 Å². The van der Waals surface area contributed by atoms with Crippen LogP contribution in [0.25, 0.3) is 0 Å². The smallest absolute Gasteiger partial charge is 0.335 e. The molecule has 1 rings (SSSR count). The first-order chi connectivity index (χ1) is 10.7. The number of carbonyl (C=O) groups is 1. The molecule has 0 amide bonds.